The summed E-state index contributed by atoms with van der Waals surface area (Å²) in [6.07, 6.45) is 2.89. The molecule has 2 atom stereocenters. The molecule has 0 spiro atoms. The predicted octanol–water partition coefficient (Wildman–Crippen LogP) is 2.46. The number of likely N-dealkylation sites (N-methyl/N-ethyl adjacent to an activating group) is 1. The molecule has 4 heterocycles. The third-order valence-corrected chi connectivity index (χ3v) is 6.36. The zero-order valence-corrected chi connectivity index (χ0v) is 14.8. The van der Waals surface area contributed by atoms with Gasteiger partial charge < -0.3 is 9.80 Å². The van der Waals surface area contributed by atoms with Crippen LogP contribution in [0.1, 0.15) is 16.9 Å². The molecular formula is C18H19N5OS. The Balaban J connectivity index is 1.47. The number of benzene rings is 1. The van der Waals surface area contributed by atoms with E-state index in [1.807, 2.05) is 28.5 Å². The summed E-state index contributed by atoms with van der Waals surface area (Å²) in [4.78, 5) is 21.7. The van der Waals surface area contributed by atoms with E-state index in [2.05, 4.69) is 27.1 Å². The lowest BCUT2D eigenvalue weighted by Gasteiger charge is -2.51. The Morgan fingerprint density at radius 3 is 3.08 bits per heavy atom. The summed E-state index contributed by atoms with van der Waals surface area (Å²) in [6, 6.07) is 6.52. The molecule has 0 saturated carbocycles. The molecule has 1 aromatic carbocycles. The highest BCUT2D eigenvalue weighted by Crippen LogP contribution is 2.32. The Labute approximate surface area is 149 Å². The number of carbonyl (C=O) groups excluding carboxylic acids is 1. The van der Waals surface area contributed by atoms with Crippen molar-refractivity contribution < 1.29 is 4.79 Å². The van der Waals surface area contributed by atoms with E-state index in [4.69, 9.17) is 0 Å². The first-order valence-corrected chi connectivity index (χ1v) is 9.46. The van der Waals surface area contributed by atoms with Gasteiger partial charge in [-0.2, -0.15) is 5.10 Å². The molecule has 5 rings (SSSR count). The van der Waals surface area contributed by atoms with Crippen molar-refractivity contribution >= 4 is 28.1 Å². The average molecular weight is 353 g/mol. The smallest absolute Gasteiger partial charge is 0.275 e. The molecule has 1 N–H and O–H groups in total. The Hall–Kier alpha value is -2.25. The number of piperidine rings is 1. The monoisotopic (exact) mass is 353 g/mol. The van der Waals surface area contributed by atoms with Crippen molar-refractivity contribution in [1.29, 1.82) is 0 Å². The molecular weight excluding hydrogens is 334 g/mol. The molecule has 3 aromatic rings. The van der Waals surface area contributed by atoms with Gasteiger partial charge in [0, 0.05) is 48.2 Å². The summed E-state index contributed by atoms with van der Waals surface area (Å²) in [6.45, 7) is 2.80. The van der Waals surface area contributed by atoms with Gasteiger partial charge in [-0.3, -0.25) is 9.89 Å². The maximum absolute atomic E-state index is 13.1. The molecule has 25 heavy (non-hydrogen) atoms. The van der Waals surface area contributed by atoms with Crippen molar-refractivity contribution in [3.63, 3.8) is 0 Å². The molecule has 0 bridgehead atoms. The predicted molar refractivity (Wildman–Crippen MR) is 97.6 cm³/mol. The van der Waals surface area contributed by atoms with Gasteiger partial charge in [0.1, 0.15) is 5.01 Å². The number of carbonyl (C=O) groups is 1. The molecule has 1 amide bonds. The molecule has 2 aliphatic heterocycles. The second kappa shape index (κ2) is 5.64. The van der Waals surface area contributed by atoms with Gasteiger partial charge in [0.05, 0.1) is 5.52 Å². The fraction of sp³-hybridized carbons (Fsp3) is 0.389. The van der Waals surface area contributed by atoms with E-state index >= 15 is 0 Å². The maximum atomic E-state index is 13.1. The third kappa shape index (κ3) is 2.38. The molecule has 128 valence electrons. The summed E-state index contributed by atoms with van der Waals surface area (Å²) in [5, 5.41) is 11.1. The number of nitrogens with zero attached hydrogens (tertiary/aromatic N) is 4. The third-order valence-electron chi connectivity index (χ3n) is 5.54. The van der Waals surface area contributed by atoms with Gasteiger partial charge >= 0.3 is 0 Å². The minimum absolute atomic E-state index is 0.0290. The molecule has 6 nitrogen and oxygen atoms in total. The second-order valence-electron chi connectivity index (χ2n) is 6.98. The minimum atomic E-state index is 0.0290. The van der Waals surface area contributed by atoms with Gasteiger partial charge in [0.15, 0.2) is 5.69 Å². The summed E-state index contributed by atoms with van der Waals surface area (Å²) in [5.41, 5.74) is 2.43. The highest BCUT2D eigenvalue weighted by Gasteiger charge is 2.41. The van der Waals surface area contributed by atoms with E-state index in [-0.39, 0.29) is 5.91 Å². The fourth-order valence-corrected chi connectivity index (χ4v) is 4.71. The van der Waals surface area contributed by atoms with Gasteiger partial charge in [-0.05, 0) is 37.6 Å². The highest BCUT2D eigenvalue weighted by atomic mass is 32.1. The van der Waals surface area contributed by atoms with Gasteiger partial charge in [-0.25, -0.2) is 4.98 Å². The Bertz CT molecular complexity index is 934. The van der Waals surface area contributed by atoms with Crippen LogP contribution in [0.5, 0.6) is 0 Å². The lowest BCUT2D eigenvalue weighted by molar-refractivity contribution is -0.0202. The van der Waals surface area contributed by atoms with Crippen molar-refractivity contribution in [3.8, 4) is 10.6 Å². The lowest BCUT2D eigenvalue weighted by atomic mass is 9.83. The van der Waals surface area contributed by atoms with Crippen LogP contribution >= 0.6 is 11.3 Å². The number of likely N-dealkylation sites (tertiary alicyclic amines) is 2. The van der Waals surface area contributed by atoms with Crippen LogP contribution < -0.4 is 0 Å². The minimum Gasteiger partial charge on any atom is -0.336 e. The molecule has 0 radical (unpaired) electrons. The van der Waals surface area contributed by atoms with Crippen molar-refractivity contribution in [1.82, 2.24) is 25.0 Å². The first kappa shape index (κ1) is 15.0. The summed E-state index contributed by atoms with van der Waals surface area (Å²) in [7, 11) is 2.14. The van der Waals surface area contributed by atoms with Crippen molar-refractivity contribution in [3.05, 3.63) is 35.5 Å². The van der Waals surface area contributed by atoms with Crippen molar-refractivity contribution in [2.75, 3.05) is 26.7 Å². The van der Waals surface area contributed by atoms with Crippen LogP contribution in [0.15, 0.2) is 29.8 Å². The number of aromatic amines is 1. The summed E-state index contributed by atoms with van der Waals surface area (Å²) in [5.74, 6) is 0.780. The van der Waals surface area contributed by atoms with E-state index in [0.717, 1.165) is 53.4 Å². The first-order valence-electron chi connectivity index (χ1n) is 8.58. The molecule has 2 fully saturated rings. The van der Waals surface area contributed by atoms with Gasteiger partial charge in [0.25, 0.3) is 5.91 Å². The molecule has 0 aliphatic carbocycles. The molecule has 1 unspecified atom stereocenters. The Morgan fingerprint density at radius 2 is 2.28 bits per heavy atom. The van der Waals surface area contributed by atoms with E-state index in [0.29, 0.717) is 11.7 Å². The Morgan fingerprint density at radius 1 is 1.36 bits per heavy atom. The zero-order chi connectivity index (χ0) is 17.0. The molecule has 2 aliphatic rings. The van der Waals surface area contributed by atoms with Crippen molar-refractivity contribution in [2.24, 2.45) is 5.92 Å². The molecule has 2 saturated heterocycles. The largest absolute Gasteiger partial charge is 0.336 e. The average Bonchev–Trinajstić information content (AvgIpc) is 3.29. The van der Waals surface area contributed by atoms with E-state index in [1.54, 1.807) is 17.5 Å². The van der Waals surface area contributed by atoms with Crippen LogP contribution in [0.2, 0.25) is 0 Å². The number of fused-ring (bicyclic) bond motifs is 2. The van der Waals surface area contributed by atoms with Crippen LogP contribution in [0.3, 0.4) is 0 Å². The van der Waals surface area contributed by atoms with E-state index in [1.165, 1.54) is 0 Å². The first-order chi connectivity index (χ1) is 12.2. The Kier molecular flexibility index (Phi) is 3.39. The highest BCUT2D eigenvalue weighted by molar-refractivity contribution is 7.13. The topological polar surface area (TPSA) is 65.1 Å². The van der Waals surface area contributed by atoms with Crippen LogP contribution in [0.25, 0.3) is 21.5 Å². The zero-order valence-electron chi connectivity index (χ0n) is 14.0. The SMILES string of the molecule is CN1CC2CCN(C(=O)c3n[nH]c4ccc(-c5nccs5)cc34)C[C@H]21. The number of thiazole rings is 1. The van der Waals surface area contributed by atoms with E-state index < -0.39 is 0 Å². The maximum Gasteiger partial charge on any atom is 0.275 e. The fourth-order valence-electron chi connectivity index (χ4n) is 4.07. The standard InChI is InChI=1S/C18H19N5OS/c1-22-9-12-4-6-23(10-15(12)22)18(24)16-13-8-11(17-19-5-7-25-17)2-3-14(13)20-21-16/h2-3,5,7-8,12,15H,4,6,9-10H2,1H3,(H,20,21)/t12?,15-/m1/s1. The van der Waals surface area contributed by atoms with E-state index in [9.17, 15) is 4.79 Å². The number of rotatable bonds is 2. The quantitative estimate of drug-likeness (QED) is 0.769. The number of nitrogens with one attached hydrogen (secondary N) is 1. The number of aromatic nitrogens is 3. The molecule has 2 aromatic heterocycles. The second-order valence-corrected chi connectivity index (χ2v) is 7.87. The number of hydrogen-bond acceptors (Lipinski definition) is 5. The van der Waals surface area contributed by atoms with Gasteiger partial charge in [0.2, 0.25) is 0 Å². The molecule has 7 heteroatoms. The van der Waals surface area contributed by atoms with Crippen LogP contribution in [-0.4, -0.2) is 63.6 Å². The number of H-pyrrole nitrogens is 1. The lowest BCUT2D eigenvalue weighted by Crippen LogP contribution is -2.63. The van der Waals surface area contributed by atoms with Crippen LogP contribution in [0, 0.1) is 5.92 Å². The van der Waals surface area contributed by atoms with Crippen LogP contribution in [0.4, 0.5) is 0 Å². The summed E-state index contributed by atoms with van der Waals surface area (Å²) >= 11 is 1.60. The van der Waals surface area contributed by atoms with Crippen molar-refractivity contribution in [2.45, 2.75) is 12.5 Å². The number of amides is 1. The van der Waals surface area contributed by atoms with Crippen LogP contribution in [-0.2, 0) is 0 Å². The number of hydrogen-bond donors (Lipinski definition) is 1. The normalized spacial score (nSPS) is 23.5. The summed E-state index contributed by atoms with van der Waals surface area (Å²) < 4.78 is 0. The van der Waals surface area contributed by atoms with Gasteiger partial charge in [-0.1, -0.05) is 0 Å². The van der Waals surface area contributed by atoms with Gasteiger partial charge in [-0.15, -0.1) is 11.3 Å².